The monoisotopic (exact) mass is 543 g/mol. The van der Waals surface area contributed by atoms with E-state index < -0.39 is 0 Å². The van der Waals surface area contributed by atoms with Crippen molar-refractivity contribution in [1.29, 1.82) is 0 Å². The van der Waals surface area contributed by atoms with E-state index in [9.17, 15) is 0 Å². The zero-order chi connectivity index (χ0) is 29.1. The van der Waals surface area contributed by atoms with E-state index in [-0.39, 0.29) is 0 Å². The zero-order valence-electron chi connectivity index (χ0n) is 25.9. The van der Waals surface area contributed by atoms with Gasteiger partial charge in [0.05, 0.1) is 0 Å². The molecular weight excluding hydrogens is 498 g/mol. The summed E-state index contributed by atoms with van der Waals surface area (Å²) in [5, 5.41) is 1.31. The molecule has 3 heteroatoms. The van der Waals surface area contributed by atoms with Gasteiger partial charge >= 0.3 is 0 Å². The van der Waals surface area contributed by atoms with Gasteiger partial charge < -0.3 is 14.8 Å². The lowest BCUT2D eigenvalue weighted by Crippen LogP contribution is -2.21. The van der Waals surface area contributed by atoms with E-state index in [0.717, 1.165) is 32.6 Å². The van der Waals surface area contributed by atoms with E-state index in [1.165, 1.54) is 72.5 Å². The second-order valence-electron chi connectivity index (χ2n) is 11.2. The number of aromatic nitrogens is 1. The van der Waals surface area contributed by atoms with Crippen molar-refractivity contribution in [2.75, 3.05) is 36.0 Å². The smallest absolute Gasteiger partial charge is 0.0465 e. The number of nitrogens with one attached hydrogen (secondary N) is 1. The number of nitrogens with zero attached hydrogens (tertiary/aromatic N) is 2. The third kappa shape index (κ3) is 5.63. The number of benzene rings is 4. The van der Waals surface area contributed by atoms with E-state index in [4.69, 9.17) is 0 Å². The predicted octanol–water partition coefficient (Wildman–Crippen LogP) is 9.71. The molecule has 0 atom stereocenters. The summed E-state index contributed by atoms with van der Waals surface area (Å²) in [4.78, 5) is 8.53. The quantitative estimate of drug-likeness (QED) is 0.189. The number of fused-ring (bicyclic) bond motifs is 1. The SMILES string of the molecule is CCN(CC)c1ccc(-c2cc3[nH]c(C)cc3c(Cc3ccccc3)c2-c2ccc(N(CC)CC)cc2C)c(C)c1. The van der Waals surface area contributed by atoms with E-state index in [2.05, 4.69) is 142 Å². The van der Waals surface area contributed by atoms with Crippen molar-refractivity contribution in [3.8, 4) is 22.3 Å². The highest BCUT2D eigenvalue weighted by atomic mass is 15.1. The molecule has 212 valence electrons. The Morgan fingerprint density at radius 1 is 0.585 bits per heavy atom. The summed E-state index contributed by atoms with van der Waals surface area (Å²) in [6, 6.07) is 29.7. The predicted molar refractivity (Wildman–Crippen MR) is 180 cm³/mol. The highest BCUT2D eigenvalue weighted by Gasteiger charge is 2.21. The largest absolute Gasteiger partial charge is 0.372 e. The highest BCUT2D eigenvalue weighted by molar-refractivity contribution is 6.01. The van der Waals surface area contributed by atoms with Crippen LogP contribution in [-0.2, 0) is 6.42 Å². The lowest BCUT2D eigenvalue weighted by molar-refractivity contribution is 0.865. The van der Waals surface area contributed by atoms with Crippen molar-refractivity contribution in [1.82, 2.24) is 4.98 Å². The molecule has 0 spiro atoms. The van der Waals surface area contributed by atoms with Crippen LogP contribution in [0.5, 0.6) is 0 Å². The van der Waals surface area contributed by atoms with Crippen molar-refractivity contribution in [3.05, 3.63) is 107 Å². The maximum absolute atomic E-state index is 3.68. The molecule has 0 aliphatic carbocycles. The molecule has 0 aliphatic heterocycles. The Labute approximate surface area is 246 Å². The minimum atomic E-state index is 0.881. The Bertz CT molecular complexity index is 1640. The molecule has 0 saturated carbocycles. The summed E-state index contributed by atoms with van der Waals surface area (Å²) in [5.41, 5.74) is 15.6. The number of anilines is 2. The molecule has 5 aromatic rings. The summed E-state index contributed by atoms with van der Waals surface area (Å²) in [6.45, 7) is 19.7. The number of hydrogen-bond acceptors (Lipinski definition) is 2. The van der Waals surface area contributed by atoms with Gasteiger partial charge in [-0.15, -0.1) is 0 Å². The lowest BCUT2D eigenvalue weighted by Gasteiger charge is -2.25. The number of aryl methyl sites for hydroxylation is 3. The molecular formula is C38H45N3. The molecule has 41 heavy (non-hydrogen) atoms. The Kier molecular flexibility index (Phi) is 8.54. The fourth-order valence-corrected chi connectivity index (χ4v) is 6.44. The molecule has 4 aromatic carbocycles. The Balaban J connectivity index is 1.81. The fourth-order valence-electron chi connectivity index (χ4n) is 6.44. The molecule has 0 unspecified atom stereocenters. The van der Waals surface area contributed by atoms with Crippen LogP contribution < -0.4 is 9.80 Å². The van der Waals surface area contributed by atoms with Crippen molar-refractivity contribution in [2.45, 2.75) is 54.9 Å². The van der Waals surface area contributed by atoms with Gasteiger partial charge in [-0.2, -0.15) is 0 Å². The second kappa shape index (κ2) is 12.3. The van der Waals surface area contributed by atoms with Crippen LogP contribution in [0.2, 0.25) is 0 Å². The summed E-state index contributed by atoms with van der Waals surface area (Å²) in [7, 11) is 0. The Hall–Kier alpha value is -3.98. The van der Waals surface area contributed by atoms with Gasteiger partial charge in [-0.3, -0.25) is 0 Å². The third-order valence-corrected chi connectivity index (χ3v) is 8.63. The second-order valence-corrected chi connectivity index (χ2v) is 11.2. The van der Waals surface area contributed by atoms with Crippen LogP contribution in [0.1, 0.15) is 55.6 Å². The highest BCUT2D eigenvalue weighted by Crippen LogP contribution is 2.44. The van der Waals surface area contributed by atoms with Crippen LogP contribution in [0, 0.1) is 20.8 Å². The molecule has 3 nitrogen and oxygen atoms in total. The normalized spacial score (nSPS) is 11.3. The average Bonchev–Trinajstić information content (AvgIpc) is 3.35. The molecule has 5 rings (SSSR count). The first-order valence-electron chi connectivity index (χ1n) is 15.3. The van der Waals surface area contributed by atoms with Crippen LogP contribution in [-0.4, -0.2) is 31.2 Å². The fraction of sp³-hybridized carbons (Fsp3) is 0.316. The van der Waals surface area contributed by atoms with Crippen LogP contribution in [0.4, 0.5) is 11.4 Å². The van der Waals surface area contributed by atoms with Crippen LogP contribution in [0.3, 0.4) is 0 Å². The van der Waals surface area contributed by atoms with Gasteiger partial charge in [0.25, 0.3) is 0 Å². The van der Waals surface area contributed by atoms with Crippen molar-refractivity contribution < 1.29 is 0 Å². The van der Waals surface area contributed by atoms with Crippen LogP contribution in [0.25, 0.3) is 33.2 Å². The van der Waals surface area contributed by atoms with E-state index >= 15 is 0 Å². The zero-order valence-corrected chi connectivity index (χ0v) is 25.9. The van der Waals surface area contributed by atoms with Gasteiger partial charge in [0.1, 0.15) is 0 Å². The van der Waals surface area contributed by atoms with Gasteiger partial charge in [-0.1, -0.05) is 42.5 Å². The number of aromatic amines is 1. The van der Waals surface area contributed by atoms with E-state index in [0.29, 0.717) is 0 Å². The molecule has 0 fully saturated rings. The Morgan fingerprint density at radius 3 is 1.68 bits per heavy atom. The first-order chi connectivity index (χ1) is 19.9. The number of hydrogen-bond donors (Lipinski definition) is 1. The van der Waals surface area contributed by atoms with Crippen molar-refractivity contribution in [3.63, 3.8) is 0 Å². The van der Waals surface area contributed by atoms with Gasteiger partial charge in [-0.25, -0.2) is 0 Å². The molecule has 1 N–H and O–H groups in total. The van der Waals surface area contributed by atoms with E-state index in [1.54, 1.807) is 0 Å². The minimum absolute atomic E-state index is 0.881. The van der Waals surface area contributed by atoms with Gasteiger partial charge in [-0.05, 0) is 136 Å². The molecule has 1 heterocycles. The van der Waals surface area contributed by atoms with Gasteiger partial charge in [0.2, 0.25) is 0 Å². The third-order valence-electron chi connectivity index (χ3n) is 8.63. The Morgan fingerprint density at radius 2 is 1.15 bits per heavy atom. The van der Waals surface area contributed by atoms with Crippen LogP contribution in [0.15, 0.2) is 78.9 Å². The standard InChI is InChI=1S/C38H45N3/c1-8-40(9-2)30-17-19-32(26(5)21-30)36-25-37-34(23-28(7)39-37)35(24-29-15-13-12-14-16-29)38(36)33-20-18-31(22-27(33)6)41(10-3)11-4/h12-23,25,39H,8-11,24H2,1-7H3. The lowest BCUT2D eigenvalue weighted by atomic mass is 9.83. The molecule has 0 amide bonds. The summed E-state index contributed by atoms with van der Waals surface area (Å²) in [5.74, 6) is 0. The molecule has 0 saturated heterocycles. The average molecular weight is 544 g/mol. The molecule has 1 aromatic heterocycles. The minimum Gasteiger partial charge on any atom is -0.372 e. The first kappa shape index (κ1) is 28.5. The number of rotatable bonds is 10. The first-order valence-corrected chi connectivity index (χ1v) is 15.3. The van der Waals surface area contributed by atoms with Gasteiger partial charge in [0.15, 0.2) is 0 Å². The molecule has 0 bridgehead atoms. The molecule has 0 radical (unpaired) electrons. The van der Waals surface area contributed by atoms with Crippen molar-refractivity contribution >= 4 is 22.3 Å². The maximum atomic E-state index is 3.68. The number of H-pyrrole nitrogens is 1. The van der Waals surface area contributed by atoms with Crippen LogP contribution >= 0.6 is 0 Å². The maximum Gasteiger partial charge on any atom is 0.0465 e. The summed E-state index contributed by atoms with van der Waals surface area (Å²) in [6.07, 6.45) is 0.881. The van der Waals surface area contributed by atoms with Crippen molar-refractivity contribution in [2.24, 2.45) is 0 Å². The summed E-state index contributed by atoms with van der Waals surface area (Å²) < 4.78 is 0. The van der Waals surface area contributed by atoms with E-state index in [1.807, 2.05) is 0 Å². The summed E-state index contributed by atoms with van der Waals surface area (Å²) >= 11 is 0. The topological polar surface area (TPSA) is 22.3 Å². The van der Waals surface area contributed by atoms with Gasteiger partial charge in [0, 0.05) is 54.2 Å². The molecule has 0 aliphatic rings.